The molecule has 2 aliphatic rings. The van der Waals surface area contributed by atoms with Crippen molar-refractivity contribution in [1.82, 2.24) is 9.88 Å². The zero-order chi connectivity index (χ0) is 28.9. The van der Waals surface area contributed by atoms with E-state index in [9.17, 15) is 36.6 Å². The van der Waals surface area contributed by atoms with Crippen LogP contribution in [0.4, 0.5) is 22.0 Å². The molecule has 0 spiro atoms. The number of carbonyl (C=O) groups excluding carboxylic acids is 1. The molecule has 3 unspecified atom stereocenters. The first-order chi connectivity index (χ1) is 18.8. The number of rotatable bonds is 6. The van der Waals surface area contributed by atoms with Gasteiger partial charge in [-0.3, -0.25) is 9.78 Å². The molecule has 3 aromatic rings. The van der Waals surface area contributed by atoms with Gasteiger partial charge in [-0.2, -0.15) is 13.2 Å². The van der Waals surface area contributed by atoms with Crippen LogP contribution in [-0.2, 0) is 35.1 Å². The van der Waals surface area contributed by atoms with Crippen LogP contribution in [0.5, 0.6) is 0 Å². The Morgan fingerprint density at radius 1 is 1.07 bits per heavy atom. The SMILES string of the molecule is CC(F)(c1ccc2c(c1)CCC1N(C(=O)Cc3cncc(C(=O)O)c3)CCC21Cc1cccc(F)c1)C(F)(F)F. The summed E-state index contributed by atoms with van der Waals surface area (Å²) in [5.74, 6) is -1.81. The zero-order valence-corrected chi connectivity index (χ0v) is 21.6. The Morgan fingerprint density at radius 2 is 1.85 bits per heavy atom. The van der Waals surface area contributed by atoms with Crippen LogP contribution < -0.4 is 0 Å². The molecule has 2 aromatic carbocycles. The smallest absolute Gasteiger partial charge is 0.426 e. The minimum Gasteiger partial charge on any atom is -0.478 e. The molecule has 3 atom stereocenters. The van der Waals surface area contributed by atoms with Gasteiger partial charge in [-0.05, 0) is 78.6 Å². The molecular weight excluding hydrogens is 531 g/mol. The molecule has 40 heavy (non-hydrogen) atoms. The molecule has 1 amide bonds. The molecule has 5 nitrogen and oxygen atoms in total. The first-order valence-corrected chi connectivity index (χ1v) is 12.9. The molecule has 2 heterocycles. The van der Waals surface area contributed by atoms with E-state index >= 15 is 0 Å². The van der Waals surface area contributed by atoms with Gasteiger partial charge in [0.25, 0.3) is 0 Å². The van der Waals surface area contributed by atoms with Crippen LogP contribution in [0.2, 0.25) is 0 Å². The van der Waals surface area contributed by atoms with Crippen molar-refractivity contribution in [2.45, 2.75) is 62.3 Å². The third kappa shape index (κ3) is 4.84. The number of aromatic nitrogens is 1. The van der Waals surface area contributed by atoms with Crippen LogP contribution in [0.15, 0.2) is 60.9 Å². The standard InChI is InChI=1S/C30H27F5N2O3/c1-28(32,30(33,34)35)22-6-7-24-20(14-22)5-8-25-29(24,15-18-3-2-4-23(31)12-18)9-10-37(25)26(38)13-19-11-21(27(39)40)17-36-16-19/h2-4,6-7,11-12,14,16-17,25H,5,8-10,13,15H2,1H3,(H,39,40). The summed E-state index contributed by atoms with van der Waals surface area (Å²) in [6.45, 7) is 0.864. The molecule has 0 saturated carbocycles. The first-order valence-electron chi connectivity index (χ1n) is 12.9. The normalized spacial score (nSPS) is 21.9. The molecule has 1 saturated heterocycles. The molecule has 5 rings (SSSR count). The Morgan fingerprint density at radius 3 is 2.55 bits per heavy atom. The average molecular weight is 559 g/mol. The van der Waals surface area contributed by atoms with E-state index in [1.807, 2.05) is 0 Å². The summed E-state index contributed by atoms with van der Waals surface area (Å²) in [7, 11) is 0. The van der Waals surface area contributed by atoms with Gasteiger partial charge in [-0.15, -0.1) is 0 Å². The Balaban J connectivity index is 1.52. The lowest BCUT2D eigenvalue weighted by atomic mass is 9.63. The predicted molar refractivity (Wildman–Crippen MR) is 136 cm³/mol. The van der Waals surface area contributed by atoms with E-state index < -0.39 is 34.6 Å². The largest absolute Gasteiger partial charge is 0.478 e. The number of carboxylic acid groups (broad SMARTS) is 1. The molecule has 1 aromatic heterocycles. The molecule has 10 heteroatoms. The number of carboxylic acids is 1. The van der Waals surface area contributed by atoms with Gasteiger partial charge in [0.2, 0.25) is 11.6 Å². The molecule has 1 N–H and O–H groups in total. The van der Waals surface area contributed by atoms with Gasteiger partial charge >= 0.3 is 12.1 Å². The average Bonchev–Trinajstić information content (AvgIpc) is 3.27. The summed E-state index contributed by atoms with van der Waals surface area (Å²) in [6.07, 6.45) is -0.929. The lowest BCUT2D eigenvalue weighted by Gasteiger charge is -2.44. The van der Waals surface area contributed by atoms with Gasteiger partial charge in [-0.1, -0.05) is 30.3 Å². The van der Waals surface area contributed by atoms with Crippen molar-refractivity contribution in [3.05, 3.63) is 100 Å². The van der Waals surface area contributed by atoms with Gasteiger partial charge < -0.3 is 10.0 Å². The van der Waals surface area contributed by atoms with E-state index in [0.717, 1.165) is 11.6 Å². The Labute approximate surface area is 227 Å². The van der Waals surface area contributed by atoms with Crippen LogP contribution in [0.25, 0.3) is 0 Å². The molecule has 0 radical (unpaired) electrons. The quantitative estimate of drug-likeness (QED) is 0.381. The maximum Gasteiger partial charge on any atom is 0.426 e. The number of alkyl halides is 4. The summed E-state index contributed by atoms with van der Waals surface area (Å²) in [6, 6.07) is 11.1. The van der Waals surface area contributed by atoms with Crippen LogP contribution in [0.1, 0.15) is 57.9 Å². The van der Waals surface area contributed by atoms with Gasteiger partial charge in [0, 0.05) is 30.4 Å². The highest BCUT2D eigenvalue weighted by Crippen LogP contribution is 2.51. The monoisotopic (exact) mass is 558 g/mol. The number of hydrogen-bond acceptors (Lipinski definition) is 3. The summed E-state index contributed by atoms with van der Waals surface area (Å²) < 4.78 is 69.4. The van der Waals surface area contributed by atoms with Gasteiger partial charge in [0.15, 0.2) is 0 Å². The Hall–Kier alpha value is -3.82. The summed E-state index contributed by atoms with van der Waals surface area (Å²) >= 11 is 0. The first kappa shape index (κ1) is 27.7. The third-order valence-electron chi connectivity index (χ3n) is 8.34. The highest BCUT2D eigenvalue weighted by molar-refractivity contribution is 5.88. The summed E-state index contributed by atoms with van der Waals surface area (Å²) in [5.41, 5.74) is -2.30. The number of aromatic carboxylic acids is 1. The molecule has 1 fully saturated rings. The fourth-order valence-corrected chi connectivity index (χ4v) is 6.31. The number of fused-ring (bicyclic) bond motifs is 3. The number of nitrogens with zero attached hydrogens (tertiary/aromatic N) is 2. The van der Waals surface area contributed by atoms with Crippen LogP contribution in [-0.4, -0.2) is 45.6 Å². The van der Waals surface area contributed by atoms with Crippen molar-refractivity contribution in [2.24, 2.45) is 0 Å². The molecular formula is C30H27F5N2O3. The van der Waals surface area contributed by atoms with Crippen LogP contribution in [0, 0.1) is 5.82 Å². The number of carbonyl (C=O) groups is 2. The van der Waals surface area contributed by atoms with Crippen molar-refractivity contribution in [1.29, 1.82) is 0 Å². The highest BCUT2D eigenvalue weighted by Gasteiger charge is 2.55. The topological polar surface area (TPSA) is 70.5 Å². The second-order valence-corrected chi connectivity index (χ2v) is 10.8. The van der Waals surface area contributed by atoms with Crippen molar-refractivity contribution < 1.29 is 36.6 Å². The third-order valence-corrected chi connectivity index (χ3v) is 8.34. The minimum atomic E-state index is -5.08. The van der Waals surface area contributed by atoms with E-state index in [1.165, 1.54) is 42.7 Å². The lowest BCUT2D eigenvalue weighted by Crippen LogP contribution is -2.49. The fourth-order valence-electron chi connectivity index (χ4n) is 6.31. The van der Waals surface area contributed by atoms with Crippen LogP contribution in [0.3, 0.4) is 0 Å². The summed E-state index contributed by atoms with van der Waals surface area (Å²) in [4.78, 5) is 30.5. The maximum atomic E-state index is 14.8. The second kappa shape index (κ2) is 9.98. The molecule has 210 valence electrons. The lowest BCUT2D eigenvalue weighted by molar-refractivity contribution is -0.228. The van der Waals surface area contributed by atoms with Gasteiger partial charge in [0.05, 0.1) is 12.0 Å². The molecule has 1 aliphatic heterocycles. The van der Waals surface area contributed by atoms with Crippen molar-refractivity contribution in [3.63, 3.8) is 0 Å². The van der Waals surface area contributed by atoms with Crippen LogP contribution >= 0.6 is 0 Å². The predicted octanol–water partition coefficient (Wildman–Crippen LogP) is 5.94. The van der Waals surface area contributed by atoms with E-state index in [1.54, 1.807) is 17.0 Å². The van der Waals surface area contributed by atoms with Gasteiger partial charge in [-0.25, -0.2) is 13.6 Å². The van der Waals surface area contributed by atoms with Crippen molar-refractivity contribution >= 4 is 11.9 Å². The number of pyridine rings is 1. The van der Waals surface area contributed by atoms with E-state index in [4.69, 9.17) is 0 Å². The Kier molecular flexibility index (Phi) is 6.92. The van der Waals surface area contributed by atoms with Gasteiger partial charge in [0.1, 0.15) is 5.82 Å². The van der Waals surface area contributed by atoms with E-state index in [2.05, 4.69) is 4.98 Å². The number of likely N-dealkylation sites (tertiary alicyclic amines) is 1. The van der Waals surface area contributed by atoms with E-state index in [-0.39, 0.29) is 23.9 Å². The van der Waals surface area contributed by atoms with E-state index in [0.29, 0.717) is 55.8 Å². The molecule has 0 bridgehead atoms. The number of aryl methyl sites for hydroxylation is 1. The van der Waals surface area contributed by atoms with Crippen molar-refractivity contribution in [2.75, 3.05) is 6.54 Å². The molecule has 1 aliphatic carbocycles. The second-order valence-electron chi connectivity index (χ2n) is 10.8. The fraction of sp³-hybridized carbons (Fsp3) is 0.367. The zero-order valence-electron chi connectivity index (χ0n) is 21.6. The summed E-state index contributed by atoms with van der Waals surface area (Å²) in [5, 5.41) is 9.26. The number of hydrogen-bond donors (Lipinski definition) is 1. The number of benzene rings is 2. The maximum absolute atomic E-state index is 14.8. The minimum absolute atomic E-state index is 0.0340. The van der Waals surface area contributed by atoms with Crippen molar-refractivity contribution in [3.8, 4) is 0 Å². The number of halogens is 5. The Bertz CT molecular complexity index is 1470. The highest BCUT2D eigenvalue weighted by atomic mass is 19.4. The number of amides is 1.